The fraction of sp³-hybridized carbons (Fsp3) is 0. The number of hydrogen-bond donors (Lipinski definition) is 1. The normalized spacial score (nSPS) is 9.67. The number of rotatable bonds is 0. The van der Waals surface area contributed by atoms with E-state index in [2.05, 4.69) is 0 Å². The zero-order valence-corrected chi connectivity index (χ0v) is 7.67. The van der Waals surface area contributed by atoms with Crippen LogP contribution in [0.4, 0.5) is 0 Å². The molecule has 0 unspecified atom stereocenters. The van der Waals surface area contributed by atoms with Crippen molar-refractivity contribution in [1.82, 2.24) is 6.15 Å². The Kier molecular flexibility index (Phi) is 14.9. The molecule has 0 saturated heterocycles. The van der Waals surface area contributed by atoms with Crippen LogP contribution in [0.1, 0.15) is 0 Å². The predicted molar refractivity (Wildman–Crippen MR) is 26.0 cm³/mol. The van der Waals surface area contributed by atoms with Crippen molar-refractivity contribution in [2.45, 2.75) is 0 Å². The largest absolute Gasteiger partial charge is 0.759 e. The summed E-state index contributed by atoms with van der Waals surface area (Å²) in [7, 11) is -10.3. The Morgan fingerprint density at radius 2 is 0.667 bits per heavy atom. The van der Waals surface area contributed by atoms with Gasteiger partial charge in [-0.1, -0.05) is 0 Å². The molecule has 3 N–H and O–H groups in total. The Bertz CT molecular complexity index is 213. The summed E-state index contributed by atoms with van der Waals surface area (Å²) in [5, 5.41) is 0. The van der Waals surface area contributed by atoms with Crippen LogP contribution in [0.25, 0.3) is 0 Å². The van der Waals surface area contributed by atoms with Crippen molar-refractivity contribution in [3.05, 3.63) is 0 Å². The zero-order valence-electron chi connectivity index (χ0n) is 5.09. The van der Waals surface area contributed by atoms with Crippen LogP contribution in [0.3, 0.4) is 0 Å². The summed E-state index contributed by atoms with van der Waals surface area (Å²) in [6.07, 6.45) is 0. The molecule has 1 radical (unpaired) electrons. The minimum Gasteiger partial charge on any atom is -0.759 e. The Morgan fingerprint density at radius 3 is 0.667 bits per heavy atom. The van der Waals surface area contributed by atoms with E-state index in [4.69, 9.17) is 35.0 Å². The van der Waals surface area contributed by atoms with Gasteiger partial charge >= 0.3 is 0 Å². The number of hydrogen-bond acceptors (Lipinski definition) is 9. The maximum Gasteiger partial charge on any atom is 0.0311 e. The summed E-state index contributed by atoms with van der Waals surface area (Å²) < 4.78 is 68.2. The molecule has 0 heterocycles. The predicted octanol–water partition coefficient (Wildman–Crippen LogP) is -2.52. The smallest absolute Gasteiger partial charge is 0.0311 e. The second-order valence-electron chi connectivity index (χ2n) is 0.816. The monoisotopic (exact) mass is 272 g/mol. The average Bonchev–Trinajstić information content (AvgIpc) is 1.12. The fourth-order valence-corrected chi connectivity index (χ4v) is 0. The van der Waals surface area contributed by atoms with Crippen LogP contribution in [0.5, 0.6) is 0 Å². The second-order valence-corrected chi connectivity index (χ2v) is 2.45. The molecule has 0 aliphatic heterocycles. The zero-order chi connectivity index (χ0) is 9.00. The Balaban J connectivity index is -0.0000000457. The van der Waals surface area contributed by atoms with Crippen molar-refractivity contribution in [3.63, 3.8) is 0 Å². The molecule has 0 aromatic carbocycles. The molecular weight excluding hydrogens is 270 g/mol. The van der Waals surface area contributed by atoms with Gasteiger partial charge in [-0.05, 0) is 0 Å². The van der Waals surface area contributed by atoms with Crippen LogP contribution in [-0.2, 0) is 37.9 Å². The third kappa shape index (κ3) is 18000. The summed E-state index contributed by atoms with van der Waals surface area (Å²) in [5.41, 5.74) is 0. The van der Waals surface area contributed by atoms with E-state index in [1.807, 2.05) is 0 Å². The first-order valence-electron chi connectivity index (χ1n) is 1.33. The molecule has 12 heteroatoms. The van der Waals surface area contributed by atoms with Gasteiger partial charge in [0.05, 0.1) is 0 Å². The van der Waals surface area contributed by atoms with Crippen LogP contribution < -0.4 is 6.15 Å². The summed E-state index contributed by atoms with van der Waals surface area (Å²) in [4.78, 5) is 0. The first-order chi connectivity index (χ1) is 4.00. The Labute approximate surface area is 79.4 Å². The van der Waals surface area contributed by atoms with Gasteiger partial charge in [0.2, 0.25) is 0 Å². The van der Waals surface area contributed by atoms with E-state index < -0.39 is 20.8 Å². The van der Waals surface area contributed by atoms with E-state index in [1.165, 1.54) is 0 Å². The van der Waals surface area contributed by atoms with Crippen molar-refractivity contribution in [2.75, 3.05) is 0 Å². The minimum atomic E-state index is -5.17. The second kappa shape index (κ2) is 7.85. The maximum atomic E-state index is 8.52. The minimum absolute atomic E-state index is 0. The topological polar surface area (TPSA) is 196 Å². The molecule has 83 valence electrons. The average molecular weight is 273 g/mol. The Morgan fingerprint density at radius 1 is 0.667 bits per heavy atom. The van der Waals surface area contributed by atoms with E-state index in [1.54, 1.807) is 0 Å². The van der Waals surface area contributed by atoms with Gasteiger partial charge in [-0.25, -0.2) is 0 Å². The molecule has 0 bridgehead atoms. The first-order valence-corrected chi connectivity index (χ1v) is 4.00. The van der Waals surface area contributed by atoms with Crippen LogP contribution >= 0.6 is 0 Å². The molecular formula is H3CuNO8S2-4. The maximum absolute atomic E-state index is 8.52. The van der Waals surface area contributed by atoms with Crippen molar-refractivity contribution in [1.29, 1.82) is 0 Å². The standard InChI is InChI=1S/Cu.H3N.2H2O4S/c;;2*1-5(2,3)4/h;1H3;2*(H2,1,2,3,4)/p-4. The van der Waals surface area contributed by atoms with Crippen LogP contribution in [0, 0.1) is 0 Å². The van der Waals surface area contributed by atoms with E-state index in [-0.39, 0.29) is 23.2 Å². The third-order valence-corrected chi connectivity index (χ3v) is 0. The summed E-state index contributed by atoms with van der Waals surface area (Å²) in [6.45, 7) is 0. The summed E-state index contributed by atoms with van der Waals surface area (Å²) in [6, 6.07) is 0. The van der Waals surface area contributed by atoms with Crippen LogP contribution in [-0.4, -0.2) is 35.0 Å². The van der Waals surface area contributed by atoms with Gasteiger partial charge in [0, 0.05) is 37.9 Å². The van der Waals surface area contributed by atoms with Crippen molar-refractivity contribution >= 4 is 20.8 Å². The van der Waals surface area contributed by atoms with Gasteiger partial charge < -0.3 is 24.4 Å². The molecule has 0 fully saturated rings. The summed E-state index contributed by atoms with van der Waals surface area (Å²) in [5.74, 6) is 0. The van der Waals surface area contributed by atoms with Crippen LogP contribution in [0.2, 0.25) is 0 Å². The first kappa shape index (κ1) is 22.8. The molecule has 0 aromatic rings. The van der Waals surface area contributed by atoms with E-state index in [0.29, 0.717) is 0 Å². The molecule has 0 saturated carbocycles. The molecule has 0 spiro atoms. The molecule has 0 aromatic heterocycles. The van der Waals surface area contributed by atoms with E-state index >= 15 is 0 Å². The molecule has 0 atom stereocenters. The van der Waals surface area contributed by atoms with Gasteiger partial charge in [-0.15, -0.1) is 0 Å². The van der Waals surface area contributed by atoms with Crippen molar-refractivity contribution < 1.29 is 52.1 Å². The van der Waals surface area contributed by atoms with Gasteiger partial charge in [0.25, 0.3) is 0 Å². The quantitative estimate of drug-likeness (QED) is 0.281. The van der Waals surface area contributed by atoms with Crippen molar-refractivity contribution in [3.8, 4) is 0 Å². The molecule has 0 aliphatic rings. The van der Waals surface area contributed by atoms with Gasteiger partial charge in [0.15, 0.2) is 0 Å². The van der Waals surface area contributed by atoms with Crippen LogP contribution in [0.15, 0.2) is 0 Å². The van der Waals surface area contributed by atoms with E-state index in [0.717, 1.165) is 0 Å². The van der Waals surface area contributed by atoms with Crippen molar-refractivity contribution in [2.24, 2.45) is 0 Å². The van der Waals surface area contributed by atoms with Gasteiger partial charge in [0.1, 0.15) is 0 Å². The SMILES string of the molecule is N.O=S(=O)([O-])[O-].O=S(=O)([O-])[O-].[Cu]. The molecule has 0 aliphatic carbocycles. The Hall–Kier alpha value is 0.219. The van der Waals surface area contributed by atoms with E-state index in [9.17, 15) is 0 Å². The molecule has 0 amide bonds. The summed E-state index contributed by atoms with van der Waals surface area (Å²) >= 11 is 0. The molecule has 0 rings (SSSR count). The molecule has 12 heavy (non-hydrogen) atoms. The fourth-order valence-electron chi connectivity index (χ4n) is 0. The van der Waals surface area contributed by atoms with Gasteiger partial charge in [-0.3, -0.25) is 16.8 Å². The van der Waals surface area contributed by atoms with Gasteiger partial charge in [-0.2, -0.15) is 0 Å². The third-order valence-electron chi connectivity index (χ3n) is 0. The molecule has 9 nitrogen and oxygen atoms in total.